The maximum Gasteiger partial charge on any atom is 0.407 e. The SMILES string of the molecule is CC(C(=O)Nc1ccc(Br)c(C#Cc2ccccc2)n1)N(CC(C)(C)C)C(=O)O. The van der Waals surface area contributed by atoms with Crippen LogP contribution in [0.5, 0.6) is 0 Å². The second-order valence-corrected chi connectivity index (χ2v) is 8.63. The molecule has 0 aliphatic carbocycles. The zero-order chi connectivity index (χ0) is 21.6. The van der Waals surface area contributed by atoms with Crippen molar-refractivity contribution in [3.8, 4) is 11.8 Å². The van der Waals surface area contributed by atoms with Gasteiger partial charge in [-0.3, -0.25) is 9.69 Å². The van der Waals surface area contributed by atoms with Gasteiger partial charge in [0.05, 0.1) is 4.47 Å². The van der Waals surface area contributed by atoms with Gasteiger partial charge >= 0.3 is 6.09 Å². The molecule has 0 aliphatic heterocycles. The molecule has 2 amide bonds. The molecule has 1 unspecified atom stereocenters. The number of carbonyl (C=O) groups excluding carboxylic acids is 1. The Morgan fingerprint density at radius 2 is 1.83 bits per heavy atom. The molecule has 152 valence electrons. The Labute approximate surface area is 179 Å². The smallest absolute Gasteiger partial charge is 0.407 e. The average Bonchev–Trinajstić information content (AvgIpc) is 2.66. The molecular formula is C22H24BrN3O3. The summed E-state index contributed by atoms with van der Waals surface area (Å²) in [6.07, 6.45) is -1.14. The molecule has 0 saturated heterocycles. The molecule has 29 heavy (non-hydrogen) atoms. The number of amides is 2. The highest BCUT2D eigenvalue weighted by atomic mass is 79.9. The number of hydrogen-bond acceptors (Lipinski definition) is 3. The van der Waals surface area contributed by atoms with E-state index < -0.39 is 18.0 Å². The molecule has 1 heterocycles. The minimum Gasteiger partial charge on any atom is -0.465 e. The van der Waals surface area contributed by atoms with Gasteiger partial charge in [0.15, 0.2) is 0 Å². The highest BCUT2D eigenvalue weighted by Gasteiger charge is 2.29. The Kier molecular flexibility index (Phi) is 7.40. The molecule has 0 fully saturated rings. The normalized spacial score (nSPS) is 11.8. The first-order valence-electron chi connectivity index (χ1n) is 9.11. The van der Waals surface area contributed by atoms with Crippen LogP contribution in [0.2, 0.25) is 0 Å². The van der Waals surface area contributed by atoms with Crippen molar-refractivity contribution in [1.29, 1.82) is 0 Å². The van der Waals surface area contributed by atoms with E-state index in [4.69, 9.17) is 0 Å². The third kappa shape index (κ3) is 6.91. The molecule has 2 N–H and O–H groups in total. The van der Waals surface area contributed by atoms with Gasteiger partial charge in [0.2, 0.25) is 5.91 Å². The molecule has 0 aliphatic rings. The van der Waals surface area contributed by atoms with E-state index in [1.807, 2.05) is 51.1 Å². The molecular weight excluding hydrogens is 434 g/mol. The Morgan fingerprint density at radius 3 is 2.41 bits per heavy atom. The van der Waals surface area contributed by atoms with Crippen molar-refractivity contribution < 1.29 is 14.7 Å². The van der Waals surface area contributed by atoms with Gasteiger partial charge in [-0.05, 0) is 58.5 Å². The Balaban J connectivity index is 2.18. The van der Waals surface area contributed by atoms with E-state index in [0.29, 0.717) is 16.0 Å². The molecule has 1 aromatic carbocycles. The van der Waals surface area contributed by atoms with E-state index in [1.54, 1.807) is 19.1 Å². The highest BCUT2D eigenvalue weighted by Crippen LogP contribution is 2.19. The van der Waals surface area contributed by atoms with Crippen molar-refractivity contribution in [2.75, 3.05) is 11.9 Å². The topological polar surface area (TPSA) is 82.5 Å². The number of anilines is 1. The molecule has 0 bridgehead atoms. The van der Waals surface area contributed by atoms with Crippen LogP contribution in [0.15, 0.2) is 46.9 Å². The summed E-state index contributed by atoms with van der Waals surface area (Å²) in [6, 6.07) is 12.0. The number of pyridine rings is 1. The van der Waals surface area contributed by atoms with E-state index in [-0.39, 0.29) is 12.0 Å². The van der Waals surface area contributed by atoms with E-state index in [9.17, 15) is 14.7 Å². The number of hydrogen-bond donors (Lipinski definition) is 2. The van der Waals surface area contributed by atoms with Crippen LogP contribution in [0.3, 0.4) is 0 Å². The van der Waals surface area contributed by atoms with Gasteiger partial charge in [-0.15, -0.1) is 0 Å². The van der Waals surface area contributed by atoms with Gasteiger partial charge in [-0.2, -0.15) is 0 Å². The monoisotopic (exact) mass is 457 g/mol. The van der Waals surface area contributed by atoms with Crippen molar-refractivity contribution in [2.45, 2.75) is 33.7 Å². The molecule has 6 nitrogen and oxygen atoms in total. The summed E-state index contributed by atoms with van der Waals surface area (Å²) < 4.78 is 0.701. The summed E-state index contributed by atoms with van der Waals surface area (Å²) in [5.74, 6) is 5.86. The highest BCUT2D eigenvalue weighted by molar-refractivity contribution is 9.10. The maximum atomic E-state index is 12.6. The van der Waals surface area contributed by atoms with Gasteiger partial charge in [-0.1, -0.05) is 44.9 Å². The van der Waals surface area contributed by atoms with Crippen LogP contribution in [-0.2, 0) is 4.79 Å². The van der Waals surface area contributed by atoms with E-state index in [2.05, 4.69) is 38.1 Å². The number of nitrogens with zero attached hydrogens (tertiary/aromatic N) is 2. The van der Waals surface area contributed by atoms with Gasteiger partial charge in [0.1, 0.15) is 17.6 Å². The van der Waals surface area contributed by atoms with Crippen LogP contribution in [-0.4, -0.2) is 39.6 Å². The van der Waals surface area contributed by atoms with Gasteiger partial charge in [0, 0.05) is 12.1 Å². The van der Waals surface area contributed by atoms with Crippen LogP contribution in [0.25, 0.3) is 0 Å². The van der Waals surface area contributed by atoms with Gasteiger partial charge in [-0.25, -0.2) is 9.78 Å². The van der Waals surface area contributed by atoms with Crippen molar-refractivity contribution in [3.63, 3.8) is 0 Å². The van der Waals surface area contributed by atoms with Crippen molar-refractivity contribution >= 4 is 33.7 Å². The molecule has 1 atom stereocenters. The average molecular weight is 458 g/mol. The summed E-state index contributed by atoms with van der Waals surface area (Å²) in [5.41, 5.74) is 1.05. The number of benzene rings is 1. The molecule has 0 spiro atoms. The second kappa shape index (κ2) is 9.57. The van der Waals surface area contributed by atoms with E-state index in [0.717, 1.165) is 10.5 Å². The lowest BCUT2D eigenvalue weighted by atomic mass is 9.95. The standard InChI is InChI=1S/C22H24BrN3O3/c1-15(26(21(28)29)14-22(2,3)4)20(27)25-19-13-11-17(23)18(24-19)12-10-16-8-6-5-7-9-16/h5-9,11,13,15H,14H2,1-4H3,(H,28,29)(H,24,25,27). The van der Waals surface area contributed by atoms with Crippen LogP contribution < -0.4 is 5.32 Å². The first kappa shape index (κ1) is 22.4. The zero-order valence-electron chi connectivity index (χ0n) is 16.9. The molecule has 2 aromatic rings. The molecule has 0 saturated carbocycles. The molecule has 2 rings (SSSR count). The fourth-order valence-corrected chi connectivity index (χ4v) is 2.83. The number of aromatic nitrogens is 1. The lowest BCUT2D eigenvalue weighted by molar-refractivity contribution is -0.120. The predicted molar refractivity (Wildman–Crippen MR) is 117 cm³/mol. The van der Waals surface area contributed by atoms with Gasteiger partial charge < -0.3 is 10.4 Å². The lowest BCUT2D eigenvalue weighted by Crippen LogP contribution is -2.48. The first-order valence-corrected chi connectivity index (χ1v) is 9.90. The summed E-state index contributed by atoms with van der Waals surface area (Å²) >= 11 is 3.41. The van der Waals surface area contributed by atoms with Crippen molar-refractivity contribution in [2.24, 2.45) is 5.41 Å². The van der Waals surface area contributed by atoms with Crippen molar-refractivity contribution in [1.82, 2.24) is 9.88 Å². The zero-order valence-corrected chi connectivity index (χ0v) is 18.4. The number of carbonyl (C=O) groups is 2. The van der Waals surface area contributed by atoms with E-state index in [1.165, 1.54) is 0 Å². The van der Waals surface area contributed by atoms with Crippen LogP contribution >= 0.6 is 15.9 Å². The first-order chi connectivity index (χ1) is 13.6. The maximum absolute atomic E-state index is 12.6. The molecule has 7 heteroatoms. The summed E-state index contributed by atoms with van der Waals surface area (Å²) in [5, 5.41) is 12.2. The number of carboxylic acid groups (broad SMARTS) is 1. The minimum atomic E-state index is -1.14. The van der Waals surface area contributed by atoms with E-state index >= 15 is 0 Å². The Hall–Kier alpha value is -2.85. The predicted octanol–water partition coefficient (Wildman–Crippen LogP) is 4.60. The van der Waals surface area contributed by atoms with Crippen molar-refractivity contribution in [3.05, 3.63) is 58.2 Å². The lowest BCUT2D eigenvalue weighted by Gasteiger charge is -2.31. The molecule has 1 aromatic heterocycles. The Morgan fingerprint density at radius 1 is 1.17 bits per heavy atom. The van der Waals surface area contributed by atoms with Crippen LogP contribution in [0, 0.1) is 17.3 Å². The number of nitrogens with one attached hydrogen (secondary N) is 1. The number of halogens is 1. The second-order valence-electron chi connectivity index (χ2n) is 7.78. The third-order valence-corrected chi connectivity index (χ3v) is 4.57. The Bertz CT molecular complexity index is 943. The minimum absolute atomic E-state index is 0.235. The number of rotatable bonds is 4. The molecule has 0 radical (unpaired) electrons. The summed E-state index contributed by atoms with van der Waals surface area (Å²) in [4.78, 5) is 29.7. The summed E-state index contributed by atoms with van der Waals surface area (Å²) in [6.45, 7) is 7.55. The third-order valence-electron chi connectivity index (χ3n) is 3.93. The summed E-state index contributed by atoms with van der Waals surface area (Å²) in [7, 11) is 0. The fourth-order valence-electron chi connectivity index (χ4n) is 2.51. The largest absolute Gasteiger partial charge is 0.465 e. The fraction of sp³-hybridized carbons (Fsp3) is 0.318. The van der Waals surface area contributed by atoms with Crippen LogP contribution in [0.4, 0.5) is 10.6 Å². The quantitative estimate of drug-likeness (QED) is 0.657. The van der Waals surface area contributed by atoms with Gasteiger partial charge in [0.25, 0.3) is 0 Å². The van der Waals surface area contributed by atoms with Crippen LogP contribution in [0.1, 0.15) is 39.0 Å².